The van der Waals surface area contributed by atoms with E-state index in [0.29, 0.717) is 11.4 Å². The lowest BCUT2D eigenvalue weighted by Crippen LogP contribution is -2.37. The fourth-order valence-corrected chi connectivity index (χ4v) is 2.76. The lowest BCUT2D eigenvalue weighted by Gasteiger charge is -2.13. The van der Waals surface area contributed by atoms with Gasteiger partial charge in [0.25, 0.3) is 5.91 Å². The number of methoxy groups -OCH3 is 1. The zero-order chi connectivity index (χ0) is 15.2. The van der Waals surface area contributed by atoms with E-state index in [0.717, 1.165) is 11.6 Å². The largest absolute Gasteiger partial charge is 0.372 e. The van der Waals surface area contributed by atoms with Crippen LogP contribution in [0.25, 0.3) is 0 Å². The standard InChI is InChI=1S/C14H19N3O3S.ClH/c1-9(20-2)13(18)16-10-4-3-5-11(6-10)17-14(19)12-7-21-8-15-12;/h3-6,9,12,15H,7-8H2,1-2H3,(H,16,18)(H,17,19);1H. The van der Waals surface area contributed by atoms with Crippen LogP contribution in [0.2, 0.25) is 0 Å². The second kappa shape index (κ2) is 8.99. The Morgan fingerprint density at radius 3 is 2.64 bits per heavy atom. The molecule has 1 saturated heterocycles. The van der Waals surface area contributed by atoms with Crippen LogP contribution in [-0.2, 0) is 14.3 Å². The zero-order valence-corrected chi connectivity index (χ0v) is 14.1. The molecule has 1 aromatic carbocycles. The van der Waals surface area contributed by atoms with Gasteiger partial charge < -0.3 is 15.4 Å². The number of benzene rings is 1. The molecule has 0 aromatic heterocycles. The molecule has 2 unspecified atom stereocenters. The molecule has 2 amide bonds. The molecular formula is C14H20ClN3O3S. The van der Waals surface area contributed by atoms with Crippen molar-refractivity contribution in [3.8, 4) is 0 Å². The summed E-state index contributed by atoms with van der Waals surface area (Å²) in [5.74, 6) is 1.28. The van der Waals surface area contributed by atoms with Crippen molar-refractivity contribution < 1.29 is 14.3 Å². The van der Waals surface area contributed by atoms with Gasteiger partial charge in [-0.1, -0.05) is 6.07 Å². The molecule has 3 N–H and O–H groups in total. The van der Waals surface area contributed by atoms with Crippen LogP contribution in [0.15, 0.2) is 24.3 Å². The Bertz CT molecular complexity index is 524. The summed E-state index contributed by atoms with van der Waals surface area (Å²) in [6, 6.07) is 6.89. The van der Waals surface area contributed by atoms with Gasteiger partial charge in [-0.25, -0.2) is 0 Å². The number of hydrogen-bond donors (Lipinski definition) is 3. The Hall–Kier alpha value is -1.28. The van der Waals surface area contributed by atoms with E-state index >= 15 is 0 Å². The summed E-state index contributed by atoms with van der Waals surface area (Å²) in [5, 5.41) is 8.69. The van der Waals surface area contributed by atoms with Gasteiger partial charge in [0.15, 0.2) is 0 Å². The van der Waals surface area contributed by atoms with Crippen molar-refractivity contribution >= 4 is 47.4 Å². The molecule has 2 rings (SSSR count). The maximum absolute atomic E-state index is 12.0. The Morgan fingerprint density at radius 1 is 1.36 bits per heavy atom. The molecule has 1 aliphatic heterocycles. The van der Waals surface area contributed by atoms with Crippen LogP contribution in [0.3, 0.4) is 0 Å². The van der Waals surface area contributed by atoms with Crippen molar-refractivity contribution in [2.24, 2.45) is 0 Å². The van der Waals surface area contributed by atoms with Crippen LogP contribution in [-0.4, -0.2) is 42.7 Å². The summed E-state index contributed by atoms with van der Waals surface area (Å²) in [6.45, 7) is 1.67. The van der Waals surface area contributed by atoms with Gasteiger partial charge in [-0.2, -0.15) is 0 Å². The van der Waals surface area contributed by atoms with Crippen LogP contribution in [0.1, 0.15) is 6.92 Å². The minimum Gasteiger partial charge on any atom is -0.372 e. The molecule has 0 bridgehead atoms. The maximum Gasteiger partial charge on any atom is 0.253 e. The summed E-state index contributed by atoms with van der Waals surface area (Å²) >= 11 is 1.70. The highest BCUT2D eigenvalue weighted by atomic mass is 35.5. The number of halogens is 1. The second-order valence-corrected chi connectivity index (χ2v) is 5.74. The van der Waals surface area contributed by atoms with E-state index in [4.69, 9.17) is 4.74 Å². The van der Waals surface area contributed by atoms with E-state index in [9.17, 15) is 9.59 Å². The number of thioether (sulfide) groups is 1. The lowest BCUT2D eigenvalue weighted by molar-refractivity contribution is -0.124. The number of carbonyl (C=O) groups is 2. The summed E-state index contributed by atoms with van der Waals surface area (Å²) in [7, 11) is 1.48. The summed E-state index contributed by atoms with van der Waals surface area (Å²) < 4.78 is 4.95. The quantitative estimate of drug-likeness (QED) is 0.756. The topological polar surface area (TPSA) is 79.5 Å². The molecule has 122 valence electrons. The number of amides is 2. The first kappa shape index (κ1) is 18.8. The highest BCUT2D eigenvalue weighted by Crippen LogP contribution is 2.17. The fourth-order valence-electron chi connectivity index (χ4n) is 1.82. The predicted molar refractivity (Wildman–Crippen MR) is 91.7 cm³/mol. The third kappa shape index (κ3) is 5.17. The smallest absolute Gasteiger partial charge is 0.253 e. The predicted octanol–water partition coefficient (Wildman–Crippen LogP) is 1.68. The average Bonchev–Trinajstić information content (AvgIpc) is 3.01. The van der Waals surface area contributed by atoms with Crippen molar-refractivity contribution in [1.82, 2.24) is 5.32 Å². The molecule has 0 spiro atoms. The van der Waals surface area contributed by atoms with Crippen molar-refractivity contribution in [2.75, 3.05) is 29.4 Å². The van der Waals surface area contributed by atoms with Crippen LogP contribution >= 0.6 is 24.2 Å². The van der Waals surface area contributed by atoms with E-state index in [1.165, 1.54) is 7.11 Å². The van der Waals surface area contributed by atoms with Gasteiger partial charge in [0.05, 0.1) is 6.04 Å². The minimum absolute atomic E-state index is 0. The van der Waals surface area contributed by atoms with Crippen molar-refractivity contribution in [3.05, 3.63) is 24.3 Å². The van der Waals surface area contributed by atoms with Gasteiger partial charge in [0.2, 0.25) is 5.91 Å². The normalized spacial score (nSPS) is 18.2. The van der Waals surface area contributed by atoms with Gasteiger partial charge in [-0.15, -0.1) is 24.2 Å². The molecule has 0 radical (unpaired) electrons. The Morgan fingerprint density at radius 2 is 2.05 bits per heavy atom. The first-order valence-corrected chi connectivity index (χ1v) is 7.81. The highest BCUT2D eigenvalue weighted by molar-refractivity contribution is 7.99. The Labute approximate surface area is 140 Å². The van der Waals surface area contributed by atoms with Gasteiger partial charge >= 0.3 is 0 Å². The van der Waals surface area contributed by atoms with E-state index in [1.54, 1.807) is 43.0 Å². The zero-order valence-electron chi connectivity index (χ0n) is 12.4. The van der Waals surface area contributed by atoms with Crippen LogP contribution in [0.4, 0.5) is 11.4 Å². The first-order chi connectivity index (χ1) is 10.1. The van der Waals surface area contributed by atoms with E-state index in [-0.39, 0.29) is 30.3 Å². The number of anilines is 2. The molecule has 0 saturated carbocycles. The molecule has 2 atom stereocenters. The molecule has 22 heavy (non-hydrogen) atoms. The number of ether oxygens (including phenoxy) is 1. The molecule has 6 nitrogen and oxygen atoms in total. The lowest BCUT2D eigenvalue weighted by atomic mass is 10.2. The molecule has 1 aromatic rings. The van der Waals surface area contributed by atoms with Gasteiger partial charge in [0.1, 0.15) is 6.10 Å². The van der Waals surface area contributed by atoms with Crippen LogP contribution in [0, 0.1) is 0 Å². The van der Waals surface area contributed by atoms with E-state index in [1.807, 2.05) is 0 Å². The van der Waals surface area contributed by atoms with Crippen molar-refractivity contribution in [1.29, 1.82) is 0 Å². The first-order valence-electron chi connectivity index (χ1n) is 6.66. The number of carbonyl (C=O) groups excluding carboxylic acids is 2. The average molecular weight is 346 g/mol. The molecule has 1 fully saturated rings. The fraction of sp³-hybridized carbons (Fsp3) is 0.429. The Balaban J connectivity index is 0.00000242. The third-order valence-corrected chi connectivity index (χ3v) is 4.09. The van der Waals surface area contributed by atoms with Crippen LogP contribution in [0.5, 0.6) is 0 Å². The molecule has 8 heteroatoms. The van der Waals surface area contributed by atoms with Gasteiger partial charge in [-0.05, 0) is 25.1 Å². The number of nitrogens with one attached hydrogen (secondary N) is 3. The Kier molecular flexibility index (Phi) is 7.67. The molecule has 1 heterocycles. The van der Waals surface area contributed by atoms with Crippen LogP contribution < -0.4 is 16.0 Å². The molecule has 0 aliphatic carbocycles. The van der Waals surface area contributed by atoms with E-state index in [2.05, 4.69) is 16.0 Å². The maximum atomic E-state index is 12.0. The van der Waals surface area contributed by atoms with Crippen molar-refractivity contribution in [2.45, 2.75) is 19.1 Å². The van der Waals surface area contributed by atoms with E-state index < -0.39 is 6.10 Å². The van der Waals surface area contributed by atoms with Crippen molar-refractivity contribution in [3.63, 3.8) is 0 Å². The van der Waals surface area contributed by atoms with Gasteiger partial charge in [0, 0.05) is 30.1 Å². The summed E-state index contributed by atoms with van der Waals surface area (Å²) in [5.41, 5.74) is 1.28. The minimum atomic E-state index is -0.525. The number of rotatable bonds is 5. The summed E-state index contributed by atoms with van der Waals surface area (Å²) in [6.07, 6.45) is -0.525. The number of hydrogen-bond acceptors (Lipinski definition) is 5. The molecule has 1 aliphatic rings. The third-order valence-electron chi connectivity index (χ3n) is 3.15. The second-order valence-electron chi connectivity index (χ2n) is 4.71. The van der Waals surface area contributed by atoms with Gasteiger partial charge in [-0.3, -0.25) is 14.9 Å². The summed E-state index contributed by atoms with van der Waals surface area (Å²) in [4.78, 5) is 23.8. The molecular weight excluding hydrogens is 326 g/mol. The highest BCUT2D eigenvalue weighted by Gasteiger charge is 2.22. The SMILES string of the molecule is COC(C)C(=O)Nc1cccc(NC(=O)C2CSCN2)c1.Cl. The monoisotopic (exact) mass is 345 g/mol.